The highest BCUT2D eigenvalue weighted by Gasteiger charge is 2.47. The highest BCUT2D eigenvalue weighted by atomic mass is 16.5. The molecule has 13 rings (SSSR count). The van der Waals surface area contributed by atoms with Gasteiger partial charge in [-0.2, -0.15) is 0 Å². The van der Waals surface area contributed by atoms with Gasteiger partial charge in [0, 0.05) is 64.5 Å². The lowest BCUT2D eigenvalue weighted by molar-refractivity contribution is 0.451. The molecule has 4 aliphatic rings. The summed E-state index contributed by atoms with van der Waals surface area (Å²) in [5, 5.41) is 0. The molecule has 0 atom stereocenters. The number of ether oxygens (including phenoxy) is 4. The zero-order valence-corrected chi connectivity index (χ0v) is 33.3. The van der Waals surface area contributed by atoms with Gasteiger partial charge in [0.25, 0.3) is 13.4 Å². The third kappa shape index (κ3) is 5.40. The zero-order chi connectivity index (χ0) is 40.7. The van der Waals surface area contributed by atoms with Crippen LogP contribution >= 0.6 is 0 Å². The van der Waals surface area contributed by atoms with Gasteiger partial charge >= 0.3 is 0 Å². The van der Waals surface area contributed by atoms with Gasteiger partial charge in [0.15, 0.2) is 0 Å². The Labute approximate surface area is 359 Å². The second-order valence-corrected chi connectivity index (χ2v) is 16.0. The lowest BCUT2D eigenvalue weighted by atomic mass is 9.31. The lowest BCUT2D eigenvalue weighted by Crippen LogP contribution is -2.63. The van der Waals surface area contributed by atoms with E-state index in [-0.39, 0.29) is 13.4 Å². The fraction of sp³-hybridized carbons (Fsp3) is 0. The standard InChI is InChI=1S/C54H34B2N2O4/c1-5-17-35(18-6-1)57-45-27-15-13-25-41(45)55-43-33-44-50(34-49(43)61-51-31-39(29-47(57)53(51)55)59-37-21-9-3-10-22-37)62-52-32-40(60-38-23-11-4-12-24-38)30-48-54(52)56(44)42-26-14-16-28-46(42)58(48)36-19-7-2-8-20-36/h1-34H. The Bertz CT molecular complexity index is 3010. The zero-order valence-electron chi connectivity index (χ0n) is 33.3. The van der Waals surface area contributed by atoms with Gasteiger partial charge in [-0.3, -0.25) is 0 Å². The molecule has 0 saturated heterocycles. The van der Waals surface area contributed by atoms with Crippen molar-refractivity contribution in [2.24, 2.45) is 0 Å². The molecule has 6 nitrogen and oxygen atoms in total. The number of rotatable bonds is 6. The van der Waals surface area contributed by atoms with E-state index in [1.54, 1.807) is 0 Å². The quantitative estimate of drug-likeness (QED) is 0.156. The Morgan fingerprint density at radius 1 is 0.306 bits per heavy atom. The van der Waals surface area contributed by atoms with E-state index in [4.69, 9.17) is 18.9 Å². The number of anilines is 6. The van der Waals surface area contributed by atoms with Crippen LogP contribution in [0.1, 0.15) is 0 Å². The predicted octanol–water partition coefficient (Wildman–Crippen LogP) is 10.1. The van der Waals surface area contributed by atoms with Crippen molar-refractivity contribution in [3.63, 3.8) is 0 Å². The smallest absolute Gasteiger partial charge is 0.256 e. The molecular weight excluding hydrogens is 762 g/mol. The van der Waals surface area contributed by atoms with E-state index in [9.17, 15) is 0 Å². The van der Waals surface area contributed by atoms with Crippen LogP contribution in [0, 0.1) is 0 Å². The van der Waals surface area contributed by atoms with Crippen LogP contribution in [0.15, 0.2) is 206 Å². The van der Waals surface area contributed by atoms with Crippen molar-refractivity contribution in [3.8, 4) is 46.0 Å². The van der Waals surface area contributed by atoms with Crippen molar-refractivity contribution in [1.29, 1.82) is 0 Å². The van der Waals surface area contributed by atoms with Crippen LogP contribution in [0.2, 0.25) is 0 Å². The van der Waals surface area contributed by atoms with E-state index in [0.29, 0.717) is 11.5 Å². The topological polar surface area (TPSA) is 43.4 Å². The van der Waals surface area contributed by atoms with Crippen molar-refractivity contribution < 1.29 is 18.9 Å². The summed E-state index contributed by atoms with van der Waals surface area (Å²) in [6.45, 7) is -0.253. The summed E-state index contributed by atoms with van der Waals surface area (Å²) in [5.41, 5.74) is 13.2. The summed E-state index contributed by atoms with van der Waals surface area (Å²) in [6, 6.07) is 71.2. The van der Waals surface area contributed by atoms with E-state index in [1.807, 2.05) is 72.8 Å². The van der Waals surface area contributed by atoms with Crippen LogP contribution in [-0.2, 0) is 0 Å². The number of fused-ring (bicyclic) bond motifs is 8. The fourth-order valence-corrected chi connectivity index (χ4v) is 9.92. The largest absolute Gasteiger partial charge is 0.458 e. The fourth-order valence-electron chi connectivity index (χ4n) is 9.92. The van der Waals surface area contributed by atoms with Crippen LogP contribution in [0.5, 0.6) is 46.0 Å². The van der Waals surface area contributed by atoms with E-state index in [2.05, 4.69) is 143 Å². The summed E-state index contributed by atoms with van der Waals surface area (Å²) in [7, 11) is 0. The molecule has 9 aromatic rings. The molecule has 0 saturated carbocycles. The van der Waals surface area contributed by atoms with Gasteiger partial charge < -0.3 is 28.7 Å². The highest BCUT2D eigenvalue weighted by Crippen LogP contribution is 2.46. The Morgan fingerprint density at radius 3 is 1.13 bits per heavy atom. The molecule has 0 fully saturated rings. The maximum atomic E-state index is 7.09. The second kappa shape index (κ2) is 13.7. The molecule has 9 aromatic carbocycles. The molecule has 0 aliphatic carbocycles. The van der Waals surface area contributed by atoms with Gasteiger partial charge in [-0.05, 0) is 93.4 Å². The van der Waals surface area contributed by atoms with Crippen LogP contribution < -0.4 is 61.5 Å². The Kier molecular flexibility index (Phi) is 7.69. The minimum atomic E-state index is -0.127. The Hall–Kier alpha value is -8.09. The summed E-state index contributed by atoms with van der Waals surface area (Å²) in [4.78, 5) is 4.68. The van der Waals surface area contributed by atoms with Gasteiger partial charge in [0.1, 0.15) is 46.0 Å². The summed E-state index contributed by atoms with van der Waals surface area (Å²) in [5.74, 6) is 5.89. The summed E-state index contributed by atoms with van der Waals surface area (Å²) >= 11 is 0. The first kappa shape index (κ1) is 34.7. The third-order valence-electron chi connectivity index (χ3n) is 12.4. The average Bonchev–Trinajstić information content (AvgIpc) is 3.32. The van der Waals surface area contributed by atoms with Crippen molar-refractivity contribution in [1.82, 2.24) is 0 Å². The first-order valence-corrected chi connectivity index (χ1v) is 21.0. The lowest BCUT2D eigenvalue weighted by Gasteiger charge is -2.42. The van der Waals surface area contributed by atoms with E-state index in [1.165, 1.54) is 10.9 Å². The molecule has 0 N–H and O–H groups in total. The van der Waals surface area contributed by atoms with Crippen LogP contribution in [0.25, 0.3) is 0 Å². The number of hydrogen-bond donors (Lipinski definition) is 0. The van der Waals surface area contributed by atoms with E-state index >= 15 is 0 Å². The van der Waals surface area contributed by atoms with Crippen molar-refractivity contribution in [2.75, 3.05) is 9.80 Å². The summed E-state index contributed by atoms with van der Waals surface area (Å²) < 4.78 is 27.3. The molecule has 0 spiro atoms. The summed E-state index contributed by atoms with van der Waals surface area (Å²) in [6.07, 6.45) is 0. The number of para-hydroxylation sites is 6. The minimum Gasteiger partial charge on any atom is -0.458 e. The minimum absolute atomic E-state index is 0.127. The number of benzene rings is 9. The van der Waals surface area contributed by atoms with Crippen molar-refractivity contribution in [2.45, 2.75) is 0 Å². The van der Waals surface area contributed by atoms with Gasteiger partial charge in [-0.15, -0.1) is 0 Å². The number of nitrogens with zero attached hydrogens (tertiary/aromatic N) is 2. The Balaban J connectivity index is 1.03. The molecule has 0 unspecified atom stereocenters. The van der Waals surface area contributed by atoms with Crippen LogP contribution in [-0.4, -0.2) is 13.4 Å². The molecule has 0 aromatic heterocycles. The molecule has 8 heteroatoms. The second-order valence-electron chi connectivity index (χ2n) is 16.0. The van der Waals surface area contributed by atoms with Crippen molar-refractivity contribution >= 4 is 80.3 Å². The first-order valence-electron chi connectivity index (χ1n) is 21.0. The SMILES string of the molecule is c1ccc(Oc2cc3c4c(c2)N(c2ccccc2)c2ccccc2B4c2cc4c(cc2O3)Oc2cc(Oc3ccccc3)cc3c2B4c2ccccc2N3c2ccccc2)cc1. The predicted molar refractivity (Wildman–Crippen MR) is 251 cm³/mol. The van der Waals surface area contributed by atoms with Crippen LogP contribution in [0.3, 0.4) is 0 Å². The average molecular weight is 797 g/mol. The molecule has 0 amide bonds. The molecule has 290 valence electrons. The van der Waals surface area contributed by atoms with Crippen molar-refractivity contribution in [3.05, 3.63) is 206 Å². The molecule has 0 radical (unpaired) electrons. The van der Waals surface area contributed by atoms with Gasteiger partial charge in [0.2, 0.25) is 0 Å². The Morgan fingerprint density at radius 2 is 0.694 bits per heavy atom. The molecular formula is C54H34B2N2O4. The molecule has 62 heavy (non-hydrogen) atoms. The van der Waals surface area contributed by atoms with Gasteiger partial charge in [0.05, 0.1) is 0 Å². The van der Waals surface area contributed by atoms with Crippen LogP contribution in [0.4, 0.5) is 34.1 Å². The van der Waals surface area contributed by atoms with Gasteiger partial charge in [-0.25, -0.2) is 0 Å². The maximum Gasteiger partial charge on any atom is 0.256 e. The maximum absolute atomic E-state index is 7.09. The molecule has 4 heterocycles. The van der Waals surface area contributed by atoms with E-state index in [0.717, 1.165) is 90.5 Å². The third-order valence-corrected chi connectivity index (χ3v) is 12.4. The normalized spacial score (nSPS) is 13.3. The number of hydrogen-bond acceptors (Lipinski definition) is 6. The first-order chi connectivity index (χ1) is 30.7. The van der Waals surface area contributed by atoms with Gasteiger partial charge in [-0.1, -0.05) is 115 Å². The molecule has 0 bridgehead atoms. The monoisotopic (exact) mass is 796 g/mol. The molecule has 4 aliphatic heterocycles. The highest BCUT2D eigenvalue weighted by molar-refractivity contribution is 7.02. The van der Waals surface area contributed by atoms with E-state index < -0.39 is 0 Å².